The lowest BCUT2D eigenvalue weighted by Crippen LogP contribution is -2.26. The van der Waals surface area contributed by atoms with Crippen molar-refractivity contribution >= 4 is 0 Å². The Labute approximate surface area is 72.0 Å². The van der Waals surface area contributed by atoms with E-state index >= 15 is 0 Å². The first kappa shape index (κ1) is 8.93. The number of hydrogen-bond acceptors (Lipinski definition) is 4. The molecule has 12 heavy (non-hydrogen) atoms. The second-order valence-corrected chi connectivity index (χ2v) is 2.53. The van der Waals surface area contributed by atoms with Crippen LogP contribution in [0.25, 0.3) is 0 Å². The number of nitrogens with zero attached hydrogens (tertiary/aromatic N) is 2. The molecule has 1 aromatic heterocycles. The van der Waals surface area contributed by atoms with Crippen molar-refractivity contribution in [2.45, 2.75) is 13.0 Å². The maximum absolute atomic E-state index is 5.42. The van der Waals surface area contributed by atoms with Crippen molar-refractivity contribution in [3.63, 3.8) is 0 Å². The Bertz CT molecular complexity index is 215. The summed E-state index contributed by atoms with van der Waals surface area (Å²) in [6.45, 7) is 2.78. The number of hydrogen-bond donors (Lipinski definition) is 1. The van der Waals surface area contributed by atoms with Crippen LogP contribution in [0, 0.1) is 0 Å². The molecule has 4 nitrogen and oxygen atoms in total. The van der Waals surface area contributed by atoms with E-state index < -0.39 is 0 Å². The van der Waals surface area contributed by atoms with Crippen LogP contribution in [0.1, 0.15) is 6.92 Å². The van der Waals surface area contributed by atoms with Gasteiger partial charge in [0.15, 0.2) is 0 Å². The van der Waals surface area contributed by atoms with E-state index in [1.165, 1.54) is 0 Å². The van der Waals surface area contributed by atoms with Crippen LogP contribution >= 0.6 is 0 Å². The molecule has 0 fully saturated rings. The van der Waals surface area contributed by atoms with Crippen LogP contribution in [0.4, 0.5) is 0 Å². The van der Waals surface area contributed by atoms with Crippen LogP contribution in [-0.4, -0.2) is 29.7 Å². The minimum atomic E-state index is 0.117. The Morgan fingerprint density at radius 1 is 1.58 bits per heavy atom. The number of likely N-dealkylation sites (N-methyl/N-ethyl adjacent to an activating group) is 1. The first-order chi connectivity index (χ1) is 5.83. The number of aromatic nitrogens is 2. The molecule has 0 bridgehead atoms. The monoisotopic (exact) mass is 167 g/mol. The molecule has 0 aliphatic heterocycles. The highest BCUT2D eigenvalue weighted by Crippen LogP contribution is 2.03. The highest BCUT2D eigenvalue weighted by Gasteiger charge is 2.01. The second kappa shape index (κ2) is 4.66. The SMILES string of the molecule is CNCC(C)Oc1cnccn1. The summed E-state index contributed by atoms with van der Waals surface area (Å²) in [7, 11) is 1.89. The predicted octanol–water partition coefficient (Wildman–Crippen LogP) is 0.463. The lowest BCUT2D eigenvalue weighted by atomic mass is 10.4. The number of nitrogens with one attached hydrogen (secondary N) is 1. The average molecular weight is 167 g/mol. The van der Waals surface area contributed by atoms with Gasteiger partial charge in [0.1, 0.15) is 6.10 Å². The molecule has 0 radical (unpaired) electrons. The molecule has 0 aromatic carbocycles. The van der Waals surface area contributed by atoms with Gasteiger partial charge in [-0.05, 0) is 14.0 Å². The Balaban J connectivity index is 2.41. The smallest absolute Gasteiger partial charge is 0.232 e. The molecule has 0 aliphatic carbocycles. The van der Waals surface area contributed by atoms with Crippen molar-refractivity contribution in [3.8, 4) is 5.88 Å². The fourth-order valence-electron chi connectivity index (χ4n) is 0.882. The average Bonchev–Trinajstić information content (AvgIpc) is 2.06. The van der Waals surface area contributed by atoms with E-state index in [9.17, 15) is 0 Å². The fraction of sp³-hybridized carbons (Fsp3) is 0.500. The molecule has 1 heterocycles. The molecule has 66 valence electrons. The normalized spacial score (nSPS) is 12.5. The van der Waals surface area contributed by atoms with E-state index in [1.807, 2.05) is 14.0 Å². The van der Waals surface area contributed by atoms with Crippen LogP contribution in [0.3, 0.4) is 0 Å². The summed E-state index contributed by atoms with van der Waals surface area (Å²) in [6, 6.07) is 0. The highest BCUT2D eigenvalue weighted by atomic mass is 16.5. The second-order valence-electron chi connectivity index (χ2n) is 2.53. The first-order valence-corrected chi connectivity index (χ1v) is 3.90. The van der Waals surface area contributed by atoms with Gasteiger partial charge in [-0.2, -0.15) is 0 Å². The lowest BCUT2D eigenvalue weighted by molar-refractivity contribution is 0.211. The van der Waals surface area contributed by atoms with Crippen LogP contribution < -0.4 is 10.1 Å². The molecular formula is C8H13N3O. The molecule has 1 N–H and O–H groups in total. The maximum Gasteiger partial charge on any atom is 0.232 e. The molecule has 0 saturated carbocycles. The summed E-state index contributed by atoms with van der Waals surface area (Å²) in [6.07, 6.45) is 4.95. The van der Waals surface area contributed by atoms with E-state index in [4.69, 9.17) is 4.74 Å². The minimum Gasteiger partial charge on any atom is -0.472 e. The van der Waals surface area contributed by atoms with Gasteiger partial charge in [-0.3, -0.25) is 4.98 Å². The van der Waals surface area contributed by atoms with Gasteiger partial charge in [-0.15, -0.1) is 0 Å². The van der Waals surface area contributed by atoms with Crippen molar-refractivity contribution in [1.29, 1.82) is 0 Å². The molecule has 4 heteroatoms. The van der Waals surface area contributed by atoms with Gasteiger partial charge in [0.2, 0.25) is 5.88 Å². The zero-order chi connectivity index (χ0) is 8.81. The van der Waals surface area contributed by atoms with Gasteiger partial charge in [0, 0.05) is 18.9 Å². The molecule has 1 atom stereocenters. The Morgan fingerprint density at radius 2 is 2.42 bits per heavy atom. The van der Waals surface area contributed by atoms with Crippen molar-refractivity contribution < 1.29 is 4.74 Å². The molecule has 0 saturated heterocycles. The standard InChI is InChI=1S/C8H13N3O/c1-7(5-9-2)12-8-6-10-3-4-11-8/h3-4,6-7,9H,5H2,1-2H3. The molecule has 1 unspecified atom stereocenters. The van der Waals surface area contributed by atoms with Crippen LogP contribution in [-0.2, 0) is 0 Å². The molecule has 1 rings (SSSR count). The van der Waals surface area contributed by atoms with E-state index in [-0.39, 0.29) is 6.10 Å². The zero-order valence-electron chi connectivity index (χ0n) is 7.32. The maximum atomic E-state index is 5.42. The summed E-state index contributed by atoms with van der Waals surface area (Å²) in [5.74, 6) is 0.570. The minimum absolute atomic E-state index is 0.117. The Hall–Kier alpha value is -1.16. The molecule has 0 amide bonds. The lowest BCUT2D eigenvalue weighted by Gasteiger charge is -2.11. The summed E-state index contributed by atoms with van der Waals surface area (Å²) in [5.41, 5.74) is 0. The van der Waals surface area contributed by atoms with E-state index in [2.05, 4.69) is 15.3 Å². The van der Waals surface area contributed by atoms with Crippen LogP contribution in [0.15, 0.2) is 18.6 Å². The van der Waals surface area contributed by atoms with Gasteiger partial charge in [0.05, 0.1) is 6.20 Å². The highest BCUT2D eigenvalue weighted by molar-refractivity contribution is 5.01. The van der Waals surface area contributed by atoms with Crippen LogP contribution in [0.2, 0.25) is 0 Å². The summed E-state index contributed by atoms with van der Waals surface area (Å²) in [5, 5.41) is 3.01. The molecule has 1 aromatic rings. The third-order valence-corrected chi connectivity index (χ3v) is 1.35. The van der Waals surface area contributed by atoms with Crippen molar-refractivity contribution in [1.82, 2.24) is 15.3 Å². The molecule has 0 aliphatic rings. The van der Waals surface area contributed by atoms with E-state index in [0.29, 0.717) is 5.88 Å². The van der Waals surface area contributed by atoms with Gasteiger partial charge >= 0.3 is 0 Å². The number of ether oxygens (including phenoxy) is 1. The van der Waals surface area contributed by atoms with Crippen molar-refractivity contribution in [2.24, 2.45) is 0 Å². The van der Waals surface area contributed by atoms with Gasteiger partial charge in [-0.1, -0.05) is 0 Å². The van der Waals surface area contributed by atoms with Crippen molar-refractivity contribution in [2.75, 3.05) is 13.6 Å². The topological polar surface area (TPSA) is 47.0 Å². The van der Waals surface area contributed by atoms with Crippen LogP contribution in [0.5, 0.6) is 5.88 Å². The third-order valence-electron chi connectivity index (χ3n) is 1.35. The largest absolute Gasteiger partial charge is 0.472 e. The van der Waals surface area contributed by atoms with E-state index in [1.54, 1.807) is 18.6 Å². The summed E-state index contributed by atoms with van der Waals surface area (Å²) < 4.78 is 5.42. The summed E-state index contributed by atoms with van der Waals surface area (Å²) >= 11 is 0. The number of rotatable bonds is 4. The van der Waals surface area contributed by atoms with Crippen molar-refractivity contribution in [3.05, 3.63) is 18.6 Å². The molecule has 0 spiro atoms. The zero-order valence-corrected chi connectivity index (χ0v) is 7.32. The first-order valence-electron chi connectivity index (χ1n) is 3.90. The third kappa shape index (κ3) is 2.84. The van der Waals surface area contributed by atoms with Gasteiger partial charge in [0.25, 0.3) is 0 Å². The van der Waals surface area contributed by atoms with Gasteiger partial charge < -0.3 is 10.1 Å². The molecular weight excluding hydrogens is 154 g/mol. The Kier molecular flexibility index (Phi) is 3.47. The quantitative estimate of drug-likeness (QED) is 0.707. The summed E-state index contributed by atoms with van der Waals surface area (Å²) in [4.78, 5) is 7.88. The Morgan fingerprint density at radius 3 is 3.00 bits per heavy atom. The van der Waals surface area contributed by atoms with E-state index in [0.717, 1.165) is 6.54 Å². The predicted molar refractivity (Wildman–Crippen MR) is 46.0 cm³/mol. The van der Waals surface area contributed by atoms with Gasteiger partial charge in [-0.25, -0.2) is 4.98 Å². The fourth-order valence-corrected chi connectivity index (χ4v) is 0.882.